The van der Waals surface area contributed by atoms with Crippen molar-refractivity contribution in [2.45, 2.75) is 39.4 Å². The second-order valence-electron chi connectivity index (χ2n) is 5.89. The summed E-state index contributed by atoms with van der Waals surface area (Å²) >= 11 is 1.63. The van der Waals surface area contributed by atoms with Crippen LogP contribution in [0.25, 0.3) is 0 Å². The number of rotatable bonds is 4. The van der Waals surface area contributed by atoms with E-state index in [1.807, 2.05) is 26.8 Å². The molecule has 8 heteroatoms. The Morgan fingerprint density at radius 1 is 1.48 bits per heavy atom. The Hall–Kier alpha value is -1.57. The van der Waals surface area contributed by atoms with Gasteiger partial charge in [0.15, 0.2) is 0 Å². The van der Waals surface area contributed by atoms with Gasteiger partial charge in [0.05, 0.1) is 12.0 Å². The molecule has 0 radical (unpaired) electrons. The predicted octanol–water partition coefficient (Wildman–Crippen LogP) is 2.95. The summed E-state index contributed by atoms with van der Waals surface area (Å²) in [7, 11) is 0. The average molecular weight is 348 g/mol. The lowest BCUT2D eigenvalue weighted by Gasteiger charge is -2.19. The van der Waals surface area contributed by atoms with Crippen molar-refractivity contribution in [3.05, 3.63) is 21.4 Å². The minimum atomic E-state index is -4.44. The molecule has 1 fully saturated rings. The monoisotopic (exact) mass is 348 g/mol. The van der Waals surface area contributed by atoms with E-state index in [0.717, 1.165) is 15.3 Å². The van der Waals surface area contributed by atoms with E-state index in [4.69, 9.17) is 0 Å². The molecule has 1 aromatic heterocycles. The van der Waals surface area contributed by atoms with Crippen LogP contribution in [-0.4, -0.2) is 36.0 Å². The third-order valence-electron chi connectivity index (χ3n) is 3.86. The maximum Gasteiger partial charge on any atom is 0.406 e. The van der Waals surface area contributed by atoms with Crippen LogP contribution >= 0.6 is 11.3 Å². The van der Waals surface area contributed by atoms with Crippen LogP contribution in [0.4, 0.5) is 13.2 Å². The van der Waals surface area contributed by atoms with E-state index in [-0.39, 0.29) is 24.9 Å². The SMILES string of the molecule is Cc1cc([C@H](C)NC(=O)[C@H]2CC(=O)N(CC(F)(F)F)C2)c(C)s1. The topological polar surface area (TPSA) is 49.4 Å². The number of carbonyl (C=O) groups excluding carboxylic acids is 2. The van der Waals surface area contributed by atoms with Crippen molar-refractivity contribution < 1.29 is 22.8 Å². The zero-order valence-corrected chi connectivity index (χ0v) is 14.0. The van der Waals surface area contributed by atoms with Crippen LogP contribution in [0.3, 0.4) is 0 Å². The molecule has 4 nitrogen and oxygen atoms in total. The number of aryl methyl sites for hydroxylation is 2. The van der Waals surface area contributed by atoms with Gasteiger partial charge in [-0.3, -0.25) is 9.59 Å². The van der Waals surface area contributed by atoms with Crippen LogP contribution in [0, 0.1) is 19.8 Å². The Bertz CT molecular complexity index is 612. The van der Waals surface area contributed by atoms with Crippen molar-refractivity contribution in [3.63, 3.8) is 0 Å². The highest BCUT2D eigenvalue weighted by Crippen LogP contribution is 2.28. The third-order valence-corrected chi connectivity index (χ3v) is 4.84. The number of halogens is 3. The number of alkyl halides is 3. The van der Waals surface area contributed by atoms with E-state index in [2.05, 4.69) is 5.32 Å². The second-order valence-corrected chi connectivity index (χ2v) is 7.35. The molecule has 0 spiro atoms. The van der Waals surface area contributed by atoms with Crippen LogP contribution in [0.15, 0.2) is 6.07 Å². The molecule has 2 heterocycles. The minimum Gasteiger partial charge on any atom is -0.349 e. The summed E-state index contributed by atoms with van der Waals surface area (Å²) in [6.45, 7) is 4.28. The zero-order chi connectivity index (χ0) is 17.4. The summed E-state index contributed by atoms with van der Waals surface area (Å²) in [5.74, 6) is -1.73. The van der Waals surface area contributed by atoms with Crippen molar-refractivity contribution in [1.29, 1.82) is 0 Å². The zero-order valence-electron chi connectivity index (χ0n) is 13.2. The van der Waals surface area contributed by atoms with Crippen LogP contribution in [0.5, 0.6) is 0 Å². The lowest BCUT2D eigenvalue weighted by Crippen LogP contribution is -2.37. The van der Waals surface area contributed by atoms with Gasteiger partial charge >= 0.3 is 6.18 Å². The standard InChI is InChI=1S/C15H19F3N2O2S/c1-8-4-12(10(3)23-8)9(2)19-14(22)11-5-13(21)20(6-11)7-15(16,17)18/h4,9,11H,5-7H2,1-3H3,(H,19,22)/t9-,11-/m0/s1. The molecule has 23 heavy (non-hydrogen) atoms. The van der Waals surface area contributed by atoms with Crippen molar-refractivity contribution in [3.8, 4) is 0 Å². The number of hydrogen-bond acceptors (Lipinski definition) is 3. The van der Waals surface area contributed by atoms with E-state index < -0.39 is 24.5 Å². The molecule has 1 N–H and O–H groups in total. The maximum absolute atomic E-state index is 12.4. The number of carbonyl (C=O) groups is 2. The molecule has 0 aliphatic carbocycles. The van der Waals surface area contributed by atoms with Gasteiger partial charge in [-0.05, 0) is 32.4 Å². The first-order valence-electron chi connectivity index (χ1n) is 7.28. The predicted molar refractivity (Wildman–Crippen MR) is 81.1 cm³/mol. The molecular weight excluding hydrogens is 329 g/mol. The van der Waals surface area contributed by atoms with E-state index in [1.165, 1.54) is 0 Å². The van der Waals surface area contributed by atoms with Gasteiger partial charge in [0.2, 0.25) is 11.8 Å². The van der Waals surface area contributed by atoms with Crippen molar-refractivity contribution >= 4 is 23.2 Å². The Morgan fingerprint density at radius 3 is 2.65 bits per heavy atom. The van der Waals surface area contributed by atoms with Gasteiger partial charge in [0.1, 0.15) is 6.54 Å². The normalized spacial score (nSPS) is 20.0. The Balaban J connectivity index is 1.96. The molecule has 2 atom stereocenters. The number of nitrogens with one attached hydrogen (secondary N) is 1. The van der Waals surface area contributed by atoms with Gasteiger partial charge in [0.25, 0.3) is 0 Å². The van der Waals surface area contributed by atoms with Crippen LogP contribution in [-0.2, 0) is 9.59 Å². The number of amides is 2. The minimum absolute atomic E-state index is 0.170. The Kier molecular flexibility index (Phi) is 5.03. The molecule has 0 unspecified atom stereocenters. The van der Waals surface area contributed by atoms with Gasteiger partial charge in [-0.15, -0.1) is 11.3 Å². The molecule has 1 aliphatic rings. The molecule has 1 saturated heterocycles. The van der Waals surface area contributed by atoms with Crippen molar-refractivity contribution in [2.24, 2.45) is 5.92 Å². The lowest BCUT2D eigenvalue weighted by atomic mass is 10.1. The number of likely N-dealkylation sites (tertiary alicyclic amines) is 1. The summed E-state index contributed by atoms with van der Waals surface area (Å²) in [4.78, 5) is 26.8. The molecule has 2 amide bonds. The molecule has 2 rings (SSSR count). The highest BCUT2D eigenvalue weighted by Gasteiger charge is 2.40. The summed E-state index contributed by atoms with van der Waals surface area (Å²) in [5, 5.41) is 2.80. The highest BCUT2D eigenvalue weighted by molar-refractivity contribution is 7.12. The fourth-order valence-electron chi connectivity index (χ4n) is 2.81. The van der Waals surface area contributed by atoms with Gasteiger partial charge < -0.3 is 10.2 Å². The third kappa shape index (κ3) is 4.46. The fraction of sp³-hybridized carbons (Fsp3) is 0.600. The molecule has 1 aliphatic heterocycles. The molecule has 1 aromatic rings. The Labute approximate surface area is 136 Å². The average Bonchev–Trinajstić information content (AvgIpc) is 2.91. The largest absolute Gasteiger partial charge is 0.406 e. The molecule has 0 aromatic carbocycles. The number of nitrogens with zero attached hydrogens (tertiary/aromatic N) is 1. The summed E-state index contributed by atoms with van der Waals surface area (Å²) < 4.78 is 37.2. The van der Waals surface area contributed by atoms with Gasteiger partial charge in [-0.2, -0.15) is 13.2 Å². The first-order valence-corrected chi connectivity index (χ1v) is 8.10. The van der Waals surface area contributed by atoms with Crippen LogP contribution in [0.2, 0.25) is 0 Å². The first kappa shape index (κ1) is 17.8. The summed E-state index contributed by atoms with van der Waals surface area (Å²) in [5.41, 5.74) is 0.998. The molecule has 0 saturated carbocycles. The molecule has 128 valence electrons. The smallest absolute Gasteiger partial charge is 0.349 e. The van der Waals surface area contributed by atoms with Crippen LogP contribution in [0.1, 0.15) is 34.7 Å². The van der Waals surface area contributed by atoms with E-state index in [9.17, 15) is 22.8 Å². The van der Waals surface area contributed by atoms with Gasteiger partial charge in [0, 0.05) is 22.7 Å². The lowest BCUT2D eigenvalue weighted by molar-refractivity contribution is -0.157. The van der Waals surface area contributed by atoms with Crippen molar-refractivity contribution in [2.75, 3.05) is 13.1 Å². The van der Waals surface area contributed by atoms with Crippen molar-refractivity contribution in [1.82, 2.24) is 10.2 Å². The number of hydrogen-bond donors (Lipinski definition) is 1. The number of thiophene rings is 1. The van der Waals surface area contributed by atoms with E-state index in [0.29, 0.717) is 4.90 Å². The molecular formula is C15H19F3N2O2S. The Morgan fingerprint density at radius 2 is 2.13 bits per heavy atom. The quantitative estimate of drug-likeness (QED) is 0.909. The summed E-state index contributed by atoms with van der Waals surface area (Å²) in [6, 6.07) is 1.75. The second kappa shape index (κ2) is 6.51. The first-order chi connectivity index (χ1) is 10.6. The highest BCUT2D eigenvalue weighted by atomic mass is 32.1. The van der Waals surface area contributed by atoms with Gasteiger partial charge in [-0.25, -0.2) is 0 Å². The van der Waals surface area contributed by atoms with E-state index in [1.54, 1.807) is 11.3 Å². The van der Waals surface area contributed by atoms with E-state index >= 15 is 0 Å². The summed E-state index contributed by atoms with van der Waals surface area (Å²) in [6.07, 6.45) is -4.62. The maximum atomic E-state index is 12.4. The van der Waals surface area contributed by atoms with Gasteiger partial charge in [-0.1, -0.05) is 0 Å². The van der Waals surface area contributed by atoms with Crippen LogP contribution < -0.4 is 5.32 Å². The fourth-order valence-corrected chi connectivity index (χ4v) is 3.83. The molecule has 0 bridgehead atoms.